The second kappa shape index (κ2) is 7.98. The Labute approximate surface area is 155 Å². The molecule has 0 atom stereocenters. The fraction of sp³-hybridized carbons (Fsp3) is 0.100. The van der Waals surface area contributed by atoms with Gasteiger partial charge >= 0.3 is 0 Å². The molecule has 0 N–H and O–H groups in total. The quantitative estimate of drug-likeness (QED) is 0.526. The number of ether oxygens (including phenoxy) is 1. The Balaban J connectivity index is 1.90. The molecule has 3 rings (SSSR count). The molecule has 25 heavy (non-hydrogen) atoms. The average molecular weight is 367 g/mol. The van der Waals surface area contributed by atoms with Gasteiger partial charge in [-0.1, -0.05) is 35.9 Å². The standard InChI is InChI=1S/C20H15ClN2OS/c1-2-24-18-5-3-4-14(11-18)10-16(12-22)20-23-19(13-25-20)15-6-8-17(21)9-7-15/h3-11,13H,2H2,1H3/b16-10-. The SMILES string of the molecule is CCOc1cccc(/C=C(/C#N)c2nc(-c3ccc(Cl)cc3)cs2)c1. The highest BCUT2D eigenvalue weighted by Gasteiger charge is 2.09. The number of aromatic nitrogens is 1. The number of benzene rings is 2. The lowest BCUT2D eigenvalue weighted by Gasteiger charge is -2.03. The van der Waals surface area contributed by atoms with E-state index in [4.69, 9.17) is 16.3 Å². The fourth-order valence-corrected chi connectivity index (χ4v) is 3.24. The topological polar surface area (TPSA) is 45.9 Å². The third kappa shape index (κ3) is 4.27. The van der Waals surface area contributed by atoms with Crippen LogP contribution >= 0.6 is 22.9 Å². The van der Waals surface area contributed by atoms with E-state index in [-0.39, 0.29) is 0 Å². The van der Waals surface area contributed by atoms with Gasteiger partial charge in [0.25, 0.3) is 0 Å². The number of thiazole rings is 1. The number of halogens is 1. The molecule has 0 spiro atoms. The van der Waals surface area contributed by atoms with E-state index in [0.29, 0.717) is 22.2 Å². The zero-order chi connectivity index (χ0) is 17.6. The number of nitriles is 1. The van der Waals surface area contributed by atoms with Gasteiger partial charge in [0.05, 0.1) is 17.9 Å². The van der Waals surface area contributed by atoms with Crippen molar-refractivity contribution in [3.8, 4) is 23.1 Å². The smallest absolute Gasteiger partial charge is 0.134 e. The van der Waals surface area contributed by atoms with Gasteiger partial charge < -0.3 is 4.74 Å². The first kappa shape index (κ1) is 17.2. The van der Waals surface area contributed by atoms with E-state index in [1.807, 2.05) is 66.9 Å². The molecular formula is C20H15ClN2OS. The molecule has 0 aliphatic rings. The molecule has 0 fully saturated rings. The molecule has 0 aliphatic heterocycles. The van der Waals surface area contributed by atoms with E-state index in [2.05, 4.69) is 11.1 Å². The number of rotatable bonds is 5. The van der Waals surface area contributed by atoms with Gasteiger partial charge in [-0.25, -0.2) is 4.98 Å². The van der Waals surface area contributed by atoms with Crippen molar-refractivity contribution in [2.75, 3.05) is 6.61 Å². The van der Waals surface area contributed by atoms with E-state index in [9.17, 15) is 5.26 Å². The van der Waals surface area contributed by atoms with E-state index < -0.39 is 0 Å². The van der Waals surface area contributed by atoms with Gasteiger partial charge in [-0.3, -0.25) is 0 Å². The first-order valence-electron chi connectivity index (χ1n) is 7.76. The summed E-state index contributed by atoms with van der Waals surface area (Å²) in [6.07, 6.45) is 1.83. The van der Waals surface area contributed by atoms with Crippen molar-refractivity contribution in [3.05, 3.63) is 69.5 Å². The van der Waals surface area contributed by atoms with Crippen molar-refractivity contribution in [2.45, 2.75) is 6.92 Å². The Morgan fingerprint density at radius 1 is 1.28 bits per heavy atom. The van der Waals surface area contributed by atoms with Crippen LogP contribution in [0.2, 0.25) is 5.02 Å². The predicted octanol–water partition coefficient (Wildman–Crippen LogP) is 5.93. The van der Waals surface area contributed by atoms with E-state index in [1.54, 1.807) is 0 Å². The summed E-state index contributed by atoms with van der Waals surface area (Å²) in [6.45, 7) is 2.55. The highest BCUT2D eigenvalue weighted by molar-refractivity contribution is 7.11. The van der Waals surface area contributed by atoms with Crippen LogP contribution in [-0.2, 0) is 0 Å². The largest absolute Gasteiger partial charge is 0.494 e. The van der Waals surface area contributed by atoms with Crippen LogP contribution in [-0.4, -0.2) is 11.6 Å². The molecule has 1 heterocycles. The summed E-state index contributed by atoms with van der Waals surface area (Å²) in [5.74, 6) is 0.787. The molecule has 0 radical (unpaired) electrons. The van der Waals surface area contributed by atoms with Crippen LogP contribution in [0.1, 0.15) is 17.5 Å². The summed E-state index contributed by atoms with van der Waals surface area (Å²) in [7, 11) is 0. The van der Waals surface area contributed by atoms with E-state index in [0.717, 1.165) is 22.6 Å². The minimum Gasteiger partial charge on any atom is -0.494 e. The van der Waals surface area contributed by atoms with Crippen LogP contribution in [0.5, 0.6) is 5.75 Å². The van der Waals surface area contributed by atoms with Gasteiger partial charge in [-0.2, -0.15) is 5.26 Å². The summed E-state index contributed by atoms with van der Waals surface area (Å²) < 4.78 is 5.50. The first-order chi connectivity index (χ1) is 12.2. The molecular weight excluding hydrogens is 352 g/mol. The van der Waals surface area contributed by atoms with Gasteiger partial charge in [-0.15, -0.1) is 11.3 Å². The molecule has 5 heteroatoms. The second-order valence-corrected chi connectivity index (χ2v) is 6.51. The van der Waals surface area contributed by atoms with Crippen LogP contribution in [0.25, 0.3) is 22.9 Å². The maximum atomic E-state index is 9.53. The number of nitrogens with zero attached hydrogens (tertiary/aromatic N) is 2. The van der Waals surface area contributed by atoms with Crippen molar-refractivity contribution < 1.29 is 4.74 Å². The molecule has 0 saturated heterocycles. The number of hydrogen-bond acceptors (Lipinski definition) is 4. The van der Waals surface area contributed by atoms with E-state index in [1.165, 1.54) is 11.3 Å². The molecule has 0 bridgehead atoms. The van der Waals surface area contributed by atoms with Crippen molar-refractivity contribution in [2.24, 2.45) is 0 Å². The Hall–Kier alpha value is -2.61. The van der Waals surface area contributed by atoms with Crippen molar-refractivity contribution in [3.63, 3.8) is 0 Å². The summed E-state index contributed by atoms with van der Waals surface area (Å²) in [4.78, 5) is 4.59. The van der Waals surface area contributed by atoms with Gasteiger partial charge in [0.1, 0.15) is 16.8 Å². The molecule has 0 unspecified atom stereocenters. The molecule has 3 aromatic rings. The normalized spacial score (nSPS) is 11.2. The zero-order valence-electron chi connectivity index (χ0n) is 13.6. The summed E-state index contributed by atoms with van der Waals surface area (Å²) in [5.41, 5.74) is 3.24. The van der Waals surface area contributed by atoms with Crippen molar-refractivity contribution in [1.82, 2.24) is 4.98 Å². The molecule has 2 aromatic carbocycles. The highest BCUT2D eigenvalue weighted by atomic mass is 35.5. The zero-order valence-corrected chi connectivity index (χ0v) is 15.1. The molecule has 124 valence electrons. The Morgan fingerprint density at radius 3 is 2.80 bits per heavy atom. The van der Waals surface area contributed by atoms with Gasteiger partial charge in [-0.05, 0) is 42.8 Å². The van der Waals surface area contributed by atoms with Crippen molar-refractivity contribution >= 4 is 34.6 Å². The molecule has 3 nitrogen and oxygen atoms in total. The Bertz CT molecular complexity index is 939. The summed E-state index contributed by atoms with van der Waals surface area (Å²) >= 11 is 7.37. The molecule has 0 saturated carbocycles. The highest BCUT2D eigenvalue weighted by Crippen LogP contribution is 2.28. The molecule has 0 amide bonds. The average Bonchev–Trinajstić information content (AvgIpc) is 3.11. The van der Waals surface area contributed by atoms with Gasteiger partial charge in [0, 0.05) is 16.0 Å². The van der Waals surface area contributed by atoms with Gasteiger partial charge in [0.2, 0.25) is 0 Å². The Kier molecular flexibility index (Phi) is 5.49. The number of allylic oxidation sites excluding steroid dienone is 1. The predicted molar refractivity (Wildman–Crippen MR) is 104 cm³/mol. The lowest BCUT2D eigenvalue weighted by molar-refractivity contribution is 0.340. The minimum absolute atomic E-state index is 0.527. The van der Waals surface area contributed by atoms with Crippen LogP contribution in [0, 0.1) is 11.3 Å². The third-order valence-electron chi connectivity index (χ3n) is 3.48. The second-order valence-electron chi connectivity index (χ2n) is 5.22. The maximum absolute atomic E-state index is 9.53. The van der Waals surface area contributed by atoms with Crippen LogP contribution in [0.4, 0.5) is 0 Å². The first-order valence-corrected chi connectivity index (χ1v) is 9.02. The monoisotopic (exact) mass is 366 g/mol. The van der Waals surface area contributed by atoms with Crippen LogP contribution in [0.3, 0.4) is 0 Å². The molecule has 0 aliphatic carbocycles. The van der Waals surface area contributed by atoms with Crippen molar-refractivity contribution in [1.29, 1.82) is 5.26 Å². The Morgan fingerprint density at radius 2 is 2.08 bits per heavy atom. The lowest BCUT2D eigenvalue weighted by Crippen LogP contribution is -1.91. The van der Waals surface area contributed by atoms with Gasteiger partial charge in [0.15, 0.2) is 0 Å². The summed E-state index contributed by atoms with van der Waals surface area (Å²) in [6, 6.07) is 17.4. The van der Waals surface area contributed by atoms with Crippen LogP contribution in [0.15, 0.2) is 53.9 Å². The van der Waals surface area contributed by atoms with Crippen LogP contribution < -0.4 is 4.74 Å². The van der Waals surface area contributed by atoms with E-state index >= 15 is 0 Å². The summed E-state index contributed by atoms with van der Waals surface area (Å²) in [5, 5.41) is 12.8. The minimum atomic E-state index is 0.527. The fourth-order valence-electron chi connectivity index (χ4n) is 2.32. The maximum Gasteiger partial charge on any atom is 0.134 e. The lowest BCUT2D eigenvalue weighted by atomic mass is 10.1. The molecule has 1 aromatic heterocycles. The third-order valence-corrected chi connectivity index (χ3v) is 4.60. The number of hydrogen-bond donors (Lipinski definition) is 0.